The predicted octanol–water partition coefficient (Wildman–Crippen LogP) is 2.07. The summed E-state index contributed by atoms with van der Waals surface area (Å²) in [5.74, 6) is 0. The Bertz CT molecular complexity index is 258. The Morgan fingerprint density at radius 1 is 1.00 bits per heavy atom. The van der Waals surface area contributed by atoms with E-state index in [-0.39, 0.29) is 6.29 Å². The molecule has 1 heterocycles. The Labute approximate surface area is 71.4 Å². The molecule has 0 saturated carbocycles. The fourth-order valence-electron chi connectivity index (χ4n) is 1.17. The van der Waals surface area contributed by atoms with E-state index < -0.39 is 0 Å². The third kappa shape index (κ3) is 1.59. The summed E-state index contributed by atoms with van der Waals surface area (Å²) in [6.07, 6.45) is 3.82. The number of hydrogen-bond acceptors (Lipinski definition) is 2. The van der Waals surface area contributed by atoms with Gasteiger partial charge in [0.25, 0.3) is 0 Å². The Morgan fingerprint density at radius 3 is 2.33 bits per heavy atom. The SMILES string of the molecule is C1=COC(Cc2ccccc2)O1. The second-order valence-electron chi connectivity index (χ2n) is 2.66. The van der Waals surface area contributed by atoms with Gasteiger partial charge in [-0.15, -0.1) is 0 Å². The van der Waals surface area contributed by atoms with Gasteiger partial charge in [-0.3, -0.25) is 0 Å². The summed E-state index contributed by atoms with van der Waals surface area (Å²) in [6.45, 7) is 0. The lowest BCUT2D eigenvalue weighted by atomic mass is 10.1. The molecule has 1 aliphatic rings. The molecule has 0 spiro atoms. The molecule has 2 nitrogen and oxygen atoms in total. The van der Waals surface area contributed by atoms with Crippen molar-refractivity contribution in [2.75, 3.05) is 0 Å². The number of ether oxygens (including phenoxy) is 2. The molecule has 1 aromatic carbocycles. The molecule has 2 heteroatoms. The van der Waals surface area contributed by atoms with Crippen molar-refractivity contribution in [3.63, 3.8) is 0 Å². The summed E-state index contributed by atoms with van der Waals surface area (Å²) in [4.78, 5) is 0. The summed E-state index contributed by atoms with van der Waals surface area (Å²) >= 11 is 0. The van der Waals surface area contributed by atoms with Gasteiger partial charge in [-0.05, 0) is 5.56 Å². The highest BCUT2D eigenvalue weighted by Gasteiger charge is 2.11. The van der Waals surface area contributed by atoms with E-state index in [0.29, 0.717) is 0 Å². The normalized spacial score (nSPS) is 15.7. The first-order chi connectivity index (χ1) is 5.95. The molecule has 0 N–H and O–H groups in total. The van der Waals surface area contributed by atoms with Crippen molar-refractivity contribution in [2.24, 2.45) is 0 Å². The second-order valence-corrected chi connectivity index (χ2v) is 2.66. The quantitative estimate of drug-likeness (QED) is 0.662. The van der Waals surface area contributed by atoms with Crippen LogP contribution in [0.1, 0.15) is 5.56 Å². The number of benzene rings is 1. The lowest BCUT2D eigenvalue weighted by Gasteiger charge is -2.09. The molecule has 0 bridgehead atoms. The van der Waals surface area contributed by atoms with Gasteiger partial charge >= 0.3 is 0 Å². The van der Waals surface area contributed by atoms with Crippen LogP contribution in [-0.2, 0) is 15.9 Å². The number of rotatable bonds is 2. The van der Waals surface area contributed by atoms with Gasteiger partial charge in [0.1, 0.15) is 12.5 Å². The van der Waals surface area contributed by atoms with Crippen molar-refractivity contribution < 1.29 is 9.47 Å². The summed E-state index contributed by atoms with van der Waals surface area (Å²) in [6, 6.07) is 10.1. The fraction of sp³-hybridized carbons (Fsp3) is 0.200. The lowest BCUT2D eigenvalue weighted by molar-refractivity contribution is -0.0209. The minimum absolute atomic E-state index is 0.132. The van der Waals surface area contributed by atoms with Gasteiger partial charge in [0.05, 0.1) is 0 Å². The maximum Gasteiger partial charge on any atom is 0.243 e. The van der Waals surface area contributed by atoms with E-state index in [1.807, 2.05) is 18.2 Å². The van der Waals surface area contributed by atoms with Gasteiger partial charge in [-0.25, -0.2) is 0 Å². The summed E-state index contributed by atoms with van der Waals surface area (Å²) < 4.78 is 10.3. The topological polar surface area (TPSA) is 18.5 Å². The van der Waals surface area contributed by atoms with Crippen LogP contribution in [0.4, 0.5) is 0 Å². The highest BCUT2D eigenvalue weighted by atomic mass is 16.7. The zero-order chi connectivity index (χ0) is 8.23. The van der Waals surface area contributed by atoms with Crippen molar-refractivity contribution in [1.29, 1.82) is 0 Å². The van der Waals surface area contributed by atoms with Crippen LogP contribution in [0, 0.1) is 0 Å². The van der Waals surface area contributed by atoms with Gasteiger partial charge in [-0.1, -0.05) is 30.3 Å². The van der Waals surface area contributed by atoms with Crippen molar-refractivity contribution in [3.05, 3.63) is 48.4 Å². The monoisotopic (exact) mass is 162 g/mol. The Morgan fingerprint density at radius 2 is 1.67 bits per heavy atom. The van der Waals surface area contributed by atoms with Crippen molar-refractivity contribution in [1.82, 2.24) is 0 Å². The highest BCUT2D eigenvalue weighted by molar-refractivity contribution is 5.15. The van der Waals surface area contributed by atoms with Crippen molar-refractivity contribution in [3.8, 4) is 0 Å². The van der Waals surface area contributed by atoms with E-state index in [0.717, 1.165) is 6.42 Å². The van der Waals surface area contributed by atoms with E-state index in [4.69, 9.17) is 9.47 Å². The average Bonchev–Trinajstić information content (AvgIpc) is 2.59. The molecule has 0 unspecified atom stereocenters. The maximum atomic E-state index is 5.15. The third-order valence-electron chi connectivity index (χ3n) is 1.76. The number of hydrogen-bond donors (Lipinski definition) is 0. The van der Waals surface area contributed by atoms with E-state index in [2.05, 4.69) is 12.1 Å². The zero-order valence-electron chi connectivity index (χ0n) is 6.64. The van der Waals surface area contributed by atoms with E-state index in [9.17, 15) is 0 Å². The van der Waals surface area contributed by atoms with Gasteiger partial charge in [-0.2, -0.15) is 0 Å². The molecular weight excluding hydrogens is 152 g/mol. The third-order valence-corrected chi connectivity index (χ3v) is 1.76. The van der Waals surface area contributed by atoms with Crippen molar-refractivity contribution >= 4 is 0 Å². The first-order valence-corrected chi connectivity index (χ1v) is 3.95. The molecule has 0 atom stereocenters. The average molecular weight is 162 g/mol. The molecule has 1 aliphatic heterocycles. The van der Waals surface area contributed by atoms with Crippen molar-refractivity contribution in [2.45, 2.75) is 12.7 Å². The van der Waals surface area contributed by atoms with Crippen LogP contribution in [0.5, 0.6) is 0 Å². The molecule has 62 valence electrons. The Balaban J connectivity index is 1.95. The first-order valence-electron chi connectivity index (χ1n) is 3.95. The predicted molar refractivity (Wildman–Crippen MR) is 45.2 cm³/mol. The maximum absolute atomic E-state index is 5.15. The largest absolute Gasteiger partial charge is 0.459 e. The van der Waals surface area contributed by atoms with Gasteiger partial charge in [0, 0.05) is 6.42 Å². The standard InChI is InChI=1S/C10H10O2/c1-2-4-9(5-3-1)8-10-11-6-7-12-10/h1-7,10H,8H2. The van der Waals surface area contributed by atoms with Crippen LogP contribution in [0.3, 0.4) is 0 Å². The molecule has 0 aliphatic carbocycles. The molecule has 0 aromatic heterocycles. The smallest absolute Gasteiger partial charge is 0.243 e. The van der Waals surface area contributed by atoms with Crippen LogP contribution < -0.4 is 0 Å². The van der Waals surface area contributed by atoms with Crippen LogP contribution in [0.15, 0.2) is 42.9 Å². The van der Waals surface area contributed by atoms with Gasteiger partial charge in [0.2, 0.25) is 6.29 Å². The van der Waals surface area contributed by atoms with E-state index in [1.54, 1.807) is 12.5 Å². The molecule has 0 radical (unpaired) electrons. The van der Waals surface area contributed by atoms with Crippen LogP contribution >= 0.6 is 0 Å². The summed E-state index contributed by atoms with van der Waals surface area (Å²) in [7, 11) is 0. The molecule has 0 saturated heterocycles. The Kier molecular flexibility index (Phi) is 1.99. The molecule has 12 heavy (non-hydrogen) atoms. The van der Waals surface area contributed by atoms with Crippen LogP contribution in [0.2, 0.25) is 0 Å². The second kappa shape index (κ2) is 3.30. The minimum atomic E-state index is -0.132. The van der Waals surface area contributed by atoms with Crippen LogP contribution in [-0.4, -0.2) is 6.29 Å². The van der Waals surface area contributed by atoms with Crippen LogP contribution in [0.25, 0.3) is 0 Å². The fourth-order valence-corrected chi connectivity index (χ4v) is 1.17. The lowest BCUT2D eigenvalue weighted by Crippen LogP contribution is -2.10. The zero-order valence-corrected chi connectivity index (χ0v) is 6.64. The summed E-state index contributed by atoms with van der Waals surface area (Å²) in [5, 5.41) is 0. The van der Waals surface area contributed by atoms with E-state index in [1.165, 1.54) is 5.56 Å². The Hall–Kier alpha value is -1.44. The highest BCUT2D eigenvalue weighted by Crippen LogP contribution is 2.11. The first kappa shape index (κ1) is 7.22. The molecule has 1 aromatic rings. The minimum Gasteiger partial charge on any atom is -0.459 e. The summed E-state index contributed by atoms with van der Waals surface area (Å²) in [5.41, 5.74) is 1.23. The van der Waals surface area contributed by atoms with Gasteiger partial charge < -0.3 is 9.47 Å². The molecule has 2 rings (SSSR count). The van der Waals surface area contributed by atoms with Gasteiger partial charge in [0.15, 0.2) is 0 Å². The molecular formula is C10H10O2. The van der Waals surface area contributed by atoms with E-state index >= 15 is 0 Å². The molecule has 0 fully saturated rings. The molecule has 0 amide bonds.